The molecule has 0 aliphatic carbocycles. The van der Waals surface area contributed by atoms with E-state index >= 15 is 0 Å². The van der Waals surface area contributed by atoms with Crippen LogP contribution >= 0.6 is 0 Å². The molecule has 3 aromatic heterocycles. The van der Waals surface area contributed by atoms with E-state index in [-0.39, 0.29) is 23.3 Å². The fraction of sp³-hybridized carbons (Fsp3) is 0.368. The minimum atomic E-state index is -0.407. The van der Waals surface area contributed by atoms with Crippen LogP contribution in [0, 0.1) is 5.82 Å². The lowest BCUT2D eigenvalue weighted by atomic mass is 10.2. The maximum absolute atomic E-state index is 13.8. The van der Waals surface area contributed by atoms with Crippen molar-refractivity contribution in [3.05, 3.63) is 46.6 Å². The van der Waals surface area contributed by atoms with E-state index in [0.29, 0.717) is 34.7 Å². The molecule has 0 bridgehead atoms. The number of halogens is 1. The fourth-order valence-corrected chi connectivity index (χ4v) is 3.38. The maximum Gasteiger partial charge on any atom is 0.278 e. The van der Waals surface area contributed by atoms with E-state index in [2.05, 4.69) is 15.1 Å². The highest BCUT2D eigenvalue weighted by atomic mass is 19.1. The molecule has 28 heavy (non-hydrogen) atoms. The van der Waals surface area contributed by atoms with E-state index in [4.69, 9.17) is 9.26 Å². The highest BCUT2D eigenvalue weighted by molar-refractivity contribution is 5.83. The molecule has 9 heteroatoms. The SMILES string of the molecule is COCC(C)c1nc(-c2ncn3c2c(=O)n(C(C)C)c2cc(F)ccc23)no1. The molecule has 3 heterocycles. The van der Waals surface area contributed by atoms with Crippen LogP contribution in [0.4, 0.5) is 4.39 Å². The molecule has 8 nitrogen and oxygen atoms in total. The summed E-state index contributed by atoms with van der Waals surface area (Å²) in [7, 11) is 1.60. The first kappa shape index (κ1) is 18.3. The van der Waals surface area contributed by atoms with Gasteiger partial charge in [0.15, 0.2) is 0 Å². The first-order chi connectivity index (χ1) is 13.4. The Hall–Kier alpha value is -3.07. The molecule has 1 unspecified atom stereocenters. The third-order valence-electron chi connectivity index (χ3n) is 4.65. The molecule has 0 N–H and O–H groups in total. The number of hydrogen-bond donors (Lipinski definition) is 0. The summed E-state index contributed by atoms with van der Waals surface area (Å²) in [5, 5.41) is 4.00. The topological polar surface area (TPSA) is 87.5 Å². The molecule has 0 spiro atoms. The van der Waals surface area contributed by atoms with Crippen LogP contribution in [0.2, 0.25) is 0 Å². The molecule has 0 fully saturated rings. The van der Waals surface area contributed by atoms with Crippen molar-refractivity contribution in [1.82, 2.24) is 24.1 Å². The van der Waals surface area contributed by atoms with Gasteiger partial charge in [0.05, 0.1) is 23.6 Å². The third-order valence-corrected chi connectivity index (χ3v) is 4.65. The monoisotopic (exact) mass is 385 g/mol. The Morgan fingerprint density at radius 3 is 2.75 bits per heavy atom. The number of ether oxygens (including phenoxy) is 1. The first-order valence-corrected chi connectivity index (χ1v) is 8.96. The number of imidazole rings is 1. The predicted molar refractivity (Wildman–Crippen MR) is 101 cm³/mol. The van der Waals surface area contributed by atoms with Crippen molar-refractivity contribution in [3.63, 3.8) is 0 Å². The van der Waals surface area contributed by atoms with Crippen molar-refractivity contribution in [1.29, 1.82) is 0 Å². The van der Waals surface area contributed by atoms with Gasteiger partial charge >= 0.3 is 0 Å². The quantitative estimate of drug-likeness (QED) is 0.524. The number of aromatic nitrogens is 5. The summed E-state index contributed by atoms with van der Waals surface area (Å²) in [5.74, 6) is 0.145. The zero-order valence-electron chi connectivity index (χ0n) is 16.0. The molecule has 0 saturated heterocycles. The van der Waals surface area contributed by atoms with Crippen LogP contribution in [0.25, 0.3) is 28.1 Å². The van der Waals surface area contributed by atoms with Crippen molar-refractivity contribution in [3.8, 4) is 11.5 Å². The molecule has 0 aliphatic rings. The Morgan fingerprint density at radius 1 is 1.25 bits per heavy atom. The van der Waals surface area contributed by atoms with Gasteiger partial charge in [0, 0.05) is 13.2 Å². The molecule has 1 atom stereocenters. The van der Waals surface area contributed by atoms with Gasteiger partial charge in [-0.2, -0.15) is 4.98 Å². The van der Waals surface area contributed by atoms with Crippen molar-refractivity contribution in [2.45, 2.75) is 32.7 Å². The number of benzene rings is 1. The Balaban J connectivity index is 1.99. The number of methoxy groups -OCH3 is 1. The lowest BCUT2D eigenvalue weighted by Gasteiger charge is -2.15. The predicted octanol–water partition coefficient (Wildman–Crippen LogP) is 3.17. The van der Waals surface area contributed by atoms with Gasteiger partial charge in [-0.25, -0.2) is 9.37 Å². The maximum atomic E-state index is 13.8. The summed E-state index contributed by atoms with van der Waals surface area (Å²) in [6, 6.07) is 4.17. The Labute approximate surface area is 159 Å². The zero-order chi connectivity index (χ0) is 20.0. The number of hydrogen-bond acceptors (Lipinski definition) is 6. The smallest absolute Gasteiger partial charge is 0.278 e. The lowest BCUT2D eigenvalue weighted by Crippen LogP contribution is -2.24. The van der Waals surface area contributed by atoms with Crippen molar-refractivity contribution in [2.24, 2.45) is 0 Å². The van der Waals surface area contributed by atoms with Gasteiger partial charge in [-0.05, 0) is 32.0 Å². The Morgan fingerprint density at radius 2 is 2.04 bits per heavy atom. The summed E-state index contributed by atoms with van der Waals surface area (Å²) in [6.07, 6.45) is 1.52. The minimum absolute atomic E-state index is 0.0868. The van der Waals surface area contributed by atoms with Gasteiger partial charge in [0.1, 0.15) is 23.4 Å². The third kappa shape index (κ3) is 2.78. The molecule has 0 saturated carbocycles. The molecule has 146 valence electrons. The molecule has 0 radical (unpaired) electrons. The number of rotatable bonds is 5. The summed E-state index contributed by atoms with van der Waals surface area (Å²) in [5.41, 5.74) is 1.51. The van der Waals surface area contributed by atoms with Gasteiger partial charge in [0.25, 0.3) is 5.56 Å². The van der Waals surface area contributed by atoms with Gasteiger partial charge in [-0.3, -0.25) is 9.20 Å². The largest absolute Gasteiger partial charge is 0.384 e. The van der Waals surface area contributed by atoms with Gasteiger partial charge in [-0.1, -0.05) is 12.1 Å². The number of fused-ring (bicyclic) bond motifs is 3. The van der Waals surface area contributed by atoms with Crippen LogP contribution in [-0.4, -0.2) is 37.8 Å². The van der Waals surface area contributed by atoms with E-state index in [1.54, 1.807) is 22.1 Å². The molecular weight excluding hydrogens is 365 g/mol. The van der Waals surface area contributed by atoms with Crippen molar-refractivity contribution >= 4 is 16.6 Å². The van der Waals surface area contributed by atoms with Crippen molar-refractivity contribution in [2.75, 3.05) is 13.7 Å². The van der Waals surface area contributed by atoms with Gasteiger partial charge in [0.2, 0.25) is 11.7 Å². The number of nitrogens with zero attached hydrogens (tertiary/aromatic N) is 5. The van der Waals surface area contributed by atoms with Gasteiger partial charge in [-0.15, -0.1) is 0 Å². The second-order valence-corrected chi connectivity index (χ2v) is 7.03. The summed E-state index contributed by atoms with van der Waals surface area (Å²) < 4.78 is 27.5. The molecule has 4 rings (SSSR count). The van der Waals surface area contributed by atoms with E-state index in [1.165, 1.54) is 18.5 Å². The van der Waals surface area contributed by atoms with E-state index < -0.39 is 5.82 Å². The van der Waals surface area contributed by atoms with Crippen LogP contribution in [0.3, 0.4) is 0 Å². The Bertz CT molecular complexity index is 1220. The van der Waals surface area contributed by atoms with E-state index in [9.17, 15) is 9.18 Å². The van der Waals surface area contributed by atoms with Crippen LogP contribution in [0.15, 0.2) is 33.8 Å². The summed E-state index contributed by atoms with van der Waals surface area (Å²) in [6.45, 7) is 6.08. The van der Waals surface area contributed by atoms with Crippen molar-refractivity contribution < 1.29 is 13.7 Å². The second-order valence-electron chi connectivity index (χ2n) is 7.03. The molecule has 0 amide bonds. The van der Waals surface area contributed by atoms with Crippen LogP contribution in [0.1, 0.15) is 38.6 Å². The highest BCUT2D eigenvalue weighted by Crippen LogP contribution is 2.25. The molecule has 4 aromatic rings. The fourth-order valence-electron chi connectivity index (χ4n) is 3.38. The minimum Gasteiger partial charge on any atom is -0.384 e. The molecule has 0 aliphatic heterocycles. The van der Waals surface area contributed by atoms with Gasteiger partial charge < -0.3 is 13.8 Å². The average molecular weight is 385 g/mol. The van der Waals surface area contributed by atoms with E-state index in [1.807, 2.05) is 20.8 Å². The second kappa shape index (κ2) is 6.83. The zero-order valence-corrected chi connectivity index (χ0v) is 16.0. The highest BCUT2D eigenvalue weighted by Gasteiger charge is 2.23. The summed E-state index contributed by atoms with van der Waals surface area (Å²) in [4.78, 5) is 22.0. The standard InChI is InChI=1S/C19H20FN5O3/c1-10(2)25-14-7-12(20)5-6-13(14)24-9-21-15(16(24)19(25)26)17-22-18(28-23-17)11(3)8-27-4/h5-7,9-11H,8H2,1-4H3. The van der Waals surface area contributed by atoms with Crippen LogP contribution in [-0.2, 0) is 4.74 Å². The summed E-state index contributed by atoms with van der Waals surface area (Å²) >= 11 is 0. The van der Waals surface area contributed by atoms with E-state index in [0.717, 1.165) is 0 Å². The van der Waals surface area contributed by atoms with Crippen LogP contribution in [0.5, 0.6) is 0 Å². The molecular formula is C19H20FN5O3. The average Bonchev–Trinajstić information content (AvgIpc) is 3.29. The van der Waals surface area contributed by atoms with Crippen LogP contribution < -0.4 is 5.56 Å². The molecule has 1 aromatic carbocycles. The first-order valence-electron chi connectivity index (χ1n) is 8.96. The normalized spacial score (nSPS) is 13.1. The Kier molecular flexibility index (Phi) is 4.46. The lowest BCUT2D eigenvalue weighted by molar-refractivity contribution is 0.170.